The second kappa shape index (κ2) is 7.09. The van der Waals surface area contributed by atoms with Gasteiger partial charge in [0.15, 0.2) is 0 Å². The molecule has 1 unspecified atom stereocenters. The van der Waals surface area contributed by atoms with Crippen LogP contribution in [0.25, 0.3) is 0 Å². The lowest BCUT2D eigenvalue weighted by atomic mass is 9.97. The van der Waals surface area contributed by atoms with Gasteiger partial charge in [-0.2, -0.15) is 0 Å². The molecule has 7 heteroatoms. The molecule has 7 nitrogen and oxygen atoms in total. The van der Waals surface area contributed by atoms with Crippen LogP contribution in [0, 0.1) is 5.92 Å². The van der Waals surface area contributed by atoms with Crippen LogP contribution in [0.2, 0.25) is 0 Å². The van der Waals surface area contributed by atoms with Crippen LogP contribution in [0.1, 0.15) is 12.8 Å². The SMILES string of the molecule is CN1CCN(C)C(CNC(=O)N2CCC(C(=O)O)CC2)C1. The lowest BCUT2D eigenvalue weighted by Crippen LogP contribution is -2.56. The van der Waals surface area contributed by atoms with E-state index >= 15 is 0 Å². The first-order chi connectivity index (χ1) is 9.97. The number of piperidine rings is 1. The molecule has 0 aromatic rings. The Bertz CT molecular complexity index is 382. The summed E-state index contributed by atoms with van der Waals surface area (Å²) < 4.78 is 0. The van der Waals surface area contributed by atoms with E-state index in [1.807, 2.05) is 0 Å². The molecule has 2 aliphatic heterocycles. The molecular formula is C14H26N4O3. The van der Waals surface area contributed by atoms with E-state index in [0.717, 1.165) is 19.6 Å². The van der Waals surface area contributed by atoms with Crippen LogP contribution in [-0.4, -0.2) is 91.2 Å². The molecule has 0 aromatic carbocycles. The lowest BCUT2D eigenvalue weighted by Gasteiger charge is -2.38. The smallest absolute Gasteiger partial charge is 0.317 e. The van der Waals surface area contributed by atoms with E-state index in [0.29, 0.717) is 38.5 Å². The van der Waals surface area contributed by atoms with Gasteiger partial charge in [0, 0.05) is 45.3 Å². The summed E-state index contributed by atoms with van der Waals surface area (Å²) in [6.45, 7) is 4.73. The zero-order valence-corrected chi connectivity index (χ0v) is 12.9. The number of likely N-dealkylation sites (N-methyl/N-ethyl adjacent to an activating group) is 2. The van der Waals surface area contributed by atoms with Gasteiger partial charge in [0.2, 0.25) is 0 Å². The molecule has 2 heterocycles. The molecule has 0 saturated carbocycles. The molecule has 2 fully saturated rings. The van der Waals surface area contributed by atoms with Crippen molar-refractivity contribution >= 4 is 12.0 Å². The van der Waals surface area contributed by atoms with Crippen molar-refractivity contribution < 1.29 is 14.7 Å². The van der Waals surface area contributed by atoms with E-state index in [1.165, 1.54) is 0 Å². The van der Waals surface area contributed by atoms with Gasteiger partial charge in [-0.15, -0.1) is 0 Å². The van der Waals surface area contributed by atoms with Crippen LogP contribution in [0.15, 0.2) is 0 Å². The molecule has 0 aliphatic carbocycles. The van der Waals surface area contributed by atoms with Crippen LogP contribution in [0.3, 0.4) is 0 Å². The number of hydrogen-bond acceptors (Lipinski definition) is 4. The Labute approximate surface area is 125 Å². The van der Waals surface area contributed by atoms with Crippen molar-refractivity contribution in [3.05, 3.63) is 0 Å². The molecule has 120 valence electrons. The number of hydrogen-bond donors (Lipinski definition) is 2. The maximum absolute atomic E-state index is 12.1. The number of urea groups is 1. The second-order valence-electron chi connectivity index (χ2n) is 6.18. The van der Waals surface area contributed by atoms with Crippen LogP contribution >= 0.6 is 0 Å². The molecule has 0 aromatic heterocycles. The summed E-state index contributed by atoms with van der Waals surface area (Å²) in [5.41, 5.74) is 0. The summed E-state index contributed by atoms with van der Waals surface area (Å²) >= 11 is 0. The summed E-state index contributed by atoms with van der Waals surface area (Å²) in [6.07, 6.45) is 1.10. The molecule has 21 heavy (non-hydrogen) atoms. The summed E-state index contributed by atoms with van der Waals surface area (Å²) in [6, 6.07) is 0.268. The minimum atomic E-state index is -0.748. The standard InChI is InChI=1S/C14H26N4O3/c1-16-7-8-17(2)12(10-16)9-15-14(21)18-5-3-11(4-6-18)13(19)20/h11-12H,3-10H2,1-2H3,(H,15,21)(H,19,20). The van der Waals surface area contributed by atoms with Crippen LogP contribution in [0.5, 0.6) is 0 Å². The molecular weight excluding hydrogens is 272 g/mol. The van der Waals surface area contributed by atoms with Crippen molar-refractivity contribution in [3.63, 3.8) is 0 Å². The van der Waals surface area contributed by atoms with Gasteiger partial charge in [-0.05, 0) is 26.9 Å². The van der Waals surface area contributed by atoms with Crippen molar-refractivity contribution in [2.24, 2.45) is 5.92 Å². The highest BCUT2D eigenvalue weighted by Crippen LogP contribution is 2.17. The molecule has 0 radical (unpaired) electrons. The van der Waals surface area contributed by atoms with Gasteiger partial charge in [-0.1, -0.05) is 0 Å². The normalized spacial score (nSPS) is 25.8. The number of carbonyl (C=O) groups excluding carboxylic acids is 1. The van der Waals surface area contributed by atoms with Crippen molar-refractivity contribution in [1.82, 2.24) is 20.0 Å². The summed E-state index contributed by atoms with van der Waals surface area (Å²) in [7, 11) is 4.18. The Morgan fingerprint density at radius 1 is 1.14 bits per heavy atom. The third kappa shape index (κ3) is 4.31. The van der Waals surface area contributed by atoms with Crippen LogP contribution in [-0.2, 0) is 4.79 Å². The number of nitrogens with one attached hydrogen (secondary N) is 1. The summed E-state index contributed by atoms with van der Waals surface area (Å²) in [5, 5.41) is 11.9. The fourth-order valence-electron chi connectivity index (χ4n) is 2.97. The first-order valence-electron chi connectivity index (χ1n) is 7.61. The highest BCUT2D eigenvalue weighted by Gasteiger charge is 2.28. The second-order valence-corrected chi connectivity index (χ2v) is 6.18. The number of likely N-dealkylation sites (tertiary alicyclic amines) is 1. The van der Waals surface area contributed by atoms with E-state index in [9.17, 15) is 9.59 Å². The number of carbonyl (C=O) groups is 2. The number of carboxylic acids is 1. The first-order valence-corrected chi connectivity index (χ1v) is 7.61. The molecule has 2 rings (SSSR count). The number of nitrogens with zero attached hydrogens (tertiary/aromatic N) is 3. The number of carboxylic acid groups (broad SMARTS) is 1. The first kappa shape index (κ1) is 16.0. The van der Waals surface area contributed by atoms with Gasteiger partial charge in [-0.25, -0.2) is 4.79 Å². The van der Waals surface area contributed by atoms with E-state index < -0.39 is 5.97 Å². The number of rotatable bonds is 3. The average molecular weight is 298 g/mol. The zero-order chi connectivity index (χ0) is 15.4. The fourth-order valence-corrected chi connectivity index (χ4v) is 2.97. The average Bonchev–Trinajstić information content (AvgIpc) is 2.48. The maximum atomic E-state index is 12.1. The van der Waals surface area contributed by atoms with Gasteiger partial charge in [0.1, 0.15) is 0 Å². The van der Waals surface area contributed by atoms with Gasteiger partial charge in [-0.3, -0.25) is 9.69 Å². The highest BCUT2D eigenvalue weighted by atomic mass is 16.4. The van der Waals surface area contributed by atoms with Crippen LogP contribution < -0.4 is 5.32 Å². The summed E-state index contributed by atoms with van der Waals surface area (Å²) in [5.74, 6) is -1.05. The predicted molar refractivity (Wildman–Crippen MR) is 79.2 cm³/mol. The Kier molecular flexibility index (Phi) is 5.41. The topological polar surface area (TPSA) is 76.1 Å². The third-order valence-corrected chi connectivity index (χ3v) is 4.60. The highest BCUT2D eigenvalue weighted by molar-refractivity contribution is 5.75. The fraction of sp³-hybridized carbons (Fsp3) is 0.857. The Morgan fingerprint density at radius 3 is 2.43 bits per heavy atom. The number of aliphatic carboxylic acids is 1. The van der Waals surface area contributed by atoms with Crippen molar-refractivity contribution in [2.45, 2.75) is 18.9 Å². The van der Waals surface area contributed by atoms with Gasteiger partial charge in [0.25, 0.3) is 0 Å². The van der Waals surface area contributed by atoms with E-state index in [-0.39, 0.29) is 11.9 Å². The van der Waals surface area contributed by atoms with Crippen molar-refractivity contribution in [2.75, 3.05) is 53.4 Å². The largest absolute Gasteiger partial charge is 0.481 e. The monoisotopic (exact) mass is 298 g/mol. The van der Waals surface area contributed by atoms with E-state index in [2.05, 4.69) is 29.2 Å². The van der Waals surface area contributed by atoms with E-state index in [1.54, 1.807) is 4.90 Å². The van der Waals surface area contributed by atoms with Gasteiger partial charge in [0.05, 0.1) is 5.92 Å². The predicted octanol–water partition coefficient (Wildman–Crippen LogP) is -0.262. The van der Waals surface area contributed by atoms with Gasteiger partial charge < -0.3 is 20.2 Å². The third-order valence-electron chi connectivity index (χ3n) is 4.60. The Hall–Kier alpha value is -1.34. The lowest BCUT2D eigenvalue weighted by molar-refractivity contribution is -0.143. The Morgan fingerprint density at radius 2 is 1.81 bits per heavy atom. The molecule has 2 saturated heterocycles. The minimum Gasteiger partial charge on any atom is -0.481 e. The Balaban J connectivity index is 1.73. The number of piperazine rings is 1. The van der Waals surface area contributed by atoms with Crippen molar-refractivity contribution in [1.29, 1.82) is 0 Å². The van der Waals surface area contributed by atoms with Crippen molar-refractivity contribution in [3.8, 4) is 0 Å². The maximum Gasteiger partial charge on any atom is 0.317 e. The van der Waals surface area contributed by atoms with Crippen LogP contribution in [0.4, 0.5) is 4.79 Å². The molecule has 0 spiro atoms. The quantitative estimate of drug-likeness (QED) is 0.751. The van der Waals surface area contributed by atoms with Gasteiger partial charge >= 0.3 is 12.0 Å². The summed E-state index contributed by atoms with van der Waals surface area (Å²) in [4.78, 5) is 29.3. The molecule has 2 amide bonds. The van der Waals surface area contributed by atoms with E-state index in [4.69, 9.17) is 5.11 Å². The number of amides is 2. The zero-order valence-electron chi connectivity index (χ0n) is 12.9. The molecule has 2 N–H and O–H groups in total. The molecule has 0 bridgehead atoms. The molecule has 1 atom stereocenters. The molecule has 2 aliphatic rings. The minimum absolute atomic E-state index is 0.0690.